The smallest absolute Gasteiger partial charge is 0.203 e. The molecule has 2 aromatic carbocycles. The summed E-state index contributed by atoms with van der Waals surface area (Å²) in [7, 11) is 0. The van der Waals surface area contributed by atoms with Gasteiger partial charge < -0.3 is 0 Å². The summed E-state index contributed by atoms with van der Waals surface area (Å²) in [5, 5.41) is 7.62. The second-order valence-electron chi connectivity index (χ2n) is 4.59. The molecule has 0 atom stereocenters. The third-order valence-corrected chi connectivity index (χ3v) is 4.45. The van der Waals surface area contributed by atoms with Gasteiger partial charge in [0.15, 0.2) is 0 Å². The van der Waals surface area contributed by atoms with Gasteiger partial charge in [-0.1, -0.05) is 41.4 Å². The lowest BCUT2D eigenvalue weighted by atomic mass is 10.2. The van der Waals surface area contributed by atoms with Crippen molar-refractivity contribution in [2.24, 2.45) is 5.10 Å². The summed E-state index contributed by atoms with van der Waals surface area (Å²) in [6.45, 7) is 0. The normalized spacial score (nSPS) is 11.1. The van der Waals surface area contributed by atoms with Crippen molar-refractivity contribution in [2.45, 2.75) is 0 Å². The minimum absolute atomic E-state index is 0.277. The average Bonchev–Trinajstić information content (AvgIpc) is 3.01. The van der Waals surface area contributed by atoms with Crippen molar-refractivity contribution in [2.75, 3.05) is 5.43 Å². The van der Waals surface area contributed by atoms with E-state index in [1.54, 1.807) is 30.5 Å². The highest BCUT2D eigenvalue weighted by Gasteiger charge is 2.06. The molecule has 0 radical (unpaired) electrons. The molecule has 7 heteroatoms. The Balaban J connectivity index is 1.69. The first-order valence-electron chi connectivity index (χ1n) is 6.57. The second-order valence-corrected chi connectivity index (χ2v) is 6.26. The van der Waals surface area contributed by atoms with Crippen LogP contribution in [0.25, 0.3) is 11.3 Å². The van der Waals surface area contributed by atoms with Crippen molar-refractivity contribution >= 4 is 45.9 Å². The number of rotatable bonds is 4. The predicted molar refractivity (Wildman–Crippen MR) is 95.2 cm³/mol. The molecule has 0 saturated carbocycles. The summed E-state index contributed by atoms with van der Waals surface area (Å²) in [5.41, 5.74) is 5.31. The number of thiazole rings is 1. The third kappa shape index (κ3) is 4.07. The summed E-state index contributed by atoms with van der Waals surface area (Å²) >= 11 is 13.3. The summed E-state index contributed by atoms with van der Waals surface area (Å²) < 4.78 is 12.8. The number of hydrogen-bond donors (Lipinski definition) is 1. The number of aromatic nitrogens is 1. The maximum atomic E-state index is 12.8. The van der Waals surface area contributed by atoms with Gasteiger partial charge in [0, 0.05) is 10.9 Å². The zero-order valence-electron chi connectivity index (χ0n) is 11.6. The predicted octanol–water partition coefficient (Wildman–Crippen LogP) is 5.70. The van der Waals surface area contributed by atoms with E-state index in [1.165, 1.54) is 23.5 Å². The molecule has 0 fully saturated rings. The van der Waals surface area contributed by atoms with E-state index in [9.17, 15) is 4.39 Å². The zero-order chi connectivity index (χ0) is 16.2. The van der Waals surface area contributed by atoms with Crippen LogP contribution in [0.3, 0.4) is 0 Å². The van der Waals surface area contributed by atoms with E-state index < -0.39 is 0 Å². The monoisotopic (exact) mass is 365 g/mol. The number of nitrogens with one attached hydrogen (secondary N) is 1. The number of benzene rings is 2. The van der Waals surface area contributed by atoms with E-state index in [0.717, 1.165) is 16.8 Å². The highest BCUT2D eigenvalue weighted by atomic mass is 35.5. The molecular formula is C16H10Cl2FN3S. The molecule has 23 heavy (non-hydrogen) atoms. The Bertz CT molecular complexity index is 847. The van der Waals surface area contributed by atoms with Crippen LogP contribution in [-0.4, -0.2) is 11.2 Å². The van der Waals surface area contributed by atoms with E-state index in [0.29, 0.717) is 15.2 Å². The highest BCUT2D eigenvalue weighted by Crippen LogP contribution is 2.30. The van der Waals surface area contributed by atoms with Crippen molar-refractivity contribution < 1.29 is 4.39 Å². The van der Waals surface area contributed by atoms with Gasteiger partial charge in [-0.25, -0.2) is 9.37 Å². The Hall–Kier alpha value is -1.95. The fourth-order valence-electron chi connectivity index (χ4n) is 1.82. The Kier molecular flexibility index (Phi) is 4.91. The van der Waals surface area contributed by atoms with Crippen LogP contribution >= 0.6 is 34.5 Å². The molecule has 0 bridgehead atoms. The van der Waals surface area contributed by atoms with Crippen LogP contribution in [0.4, 0.5) is 9.52 Å². The Labute approximate surface area is 146 Å². The van der Waals surface area contributed by atoms with Gasteiger partial charge in [0.05, 0.1) is 22.0 Å². The van der Waals surface area contributed by atoms with E-state index >= 15 is 0 Å². The first-order chi connectivity index (χ1) is 11.1. The van der Waals surface area contributed by atoms with Gasteiger partial charge in [0.1, 0.15) is 5.82 Å². The number of anilines is 1. The summed E-state index contributed by atoms with van der Waals surface area (Å²) in [6, 6.07) is 11.4. The maximum absolute atomic E-state index is 12.8. The van der Waals surface area contributed by atoms with Gasteiger partial charge in [0.25, 0.3) is 0 Å². The third-order valence-electron chi connectivity index (χ3n) is 2.96. The SMILES string of the molecule is Fc1ccc(/C=N/Nc2nc(-c3ccc(Cl)c(Cl)c3)cs2)cc1. The fraction of sp³-hybridized carbons (Fsp3) is 0. The molecule has 0 aliphatic carbocycles. The molecule has 3 aromatic rings. The van der Waals surface area contributed by atoms with Crippen molar-refractivity contribution in [1.82, 2.24) is 4.98 Å². The van der Waals surface area contributed by atoms with Crippen LogP contribution < -0.4 is 5.43 Å². The standard InChI is InChI=1S/C16H10Cl2FN3S/c17-13-6-3-11(7-14(13)18)15-9-23-16(21-15)22-20-8-10-1-4-12(19)5-2-10/h1-9H,(H,21,22)/b20-8+. The van der Waals surface area contributed by atoms with E-state index in [-0.39, 0.29) is 5.82 Å². The fourth-order valence-corrected chi connectivity index (χ4v) is 2.79. The summed E-state index contributed by atoms with van der Waals surface area (Å²) in [4.78, 5) is 4.43. The molecule has 0 amide bonds. The van der Waals surface area contributed by atoms with Crippen LogP contribution in [-0.2, 0) is 0 Å². The zero-order valence-corrected chi connectivity index (χ0v) is 14.0. The lowest BCUT2D eigenvalue weighted by Gasteiger charge is -1.99. The van der Waals surface area contributed by atoms with Crippen molar-refractivity contribution in [3.05, 3.63) is 69.3 Å². The topological polar surface area (TPSA) is 37.3 Å². The minimum Gasteiger partial charge on any atom is -0.253 e. The molecule has 0 aliphatic heterocycles. The van der Waals surface area contributed by atoms with E-state index in [2.05, 4.69) is 15.5 Å². The van der Waals surface area contributed by atoms with Gasteiger partial charge in [-0.05, 0) is 29.8 Å². The Morgan fingerprint density at radius 1 is 1.09 bits per heavy atom. The first kappa shape index (κ1) is 15.9. The van der Waals surface area contributed by atoms with E-state index in [1.807, 2.05) is 11.4 Å². The first-order valence-corrected chi connectivity index (χ1v) is 8.21. The summed E-state index contributed by atoms with van der Waals surface area (Å²) in [6.07, 6.45) is 1.60. The molecule has 0 aliphatic rings. The quantitative estimate of drug-likeness (QED) is 0.475. The molecule has 1 heterocycles. The van der Waals surface area contributed by atoms with Crippen LogP contribution in [0.2, 0.25) is 10.0 Å². The lowest BCUT2D eigenvalue weighted by Crippen LogP contribution is -1.90. The highest BCUT2D eigenvalue weighted by molar-refractivity contribution is 7.14. The van der Waals surface area contributed by atoms with Crippen molar-refractivity contribution in [3.8, 4) is 11.3 Å². The van der Waals surface area contributed by atoms with Crippen molar-refractivity contribution in [3.63, 3.8) is 0 Å². The van der Waals surface area contributed by atoms with Gasteiger partial charge in [-0.3, -0.25) is 5.43 Å². The Morgan fingerprint density at radius 3 is 2.61 bits per heavy atom. The minimum atomic E-state index is -0.277. The van der Waals surface area contributed by atoms with Crippen LogP contribution in [0, 0.1) is 5.82 Å². The van der Waals surface area contributed by atoms with Gasteiger partial charge in [-0.15, -0.1) is 11.3 Å². The molecule has 1 N–H and O–H groups in total. The molecule has 3 nitrogen and oxygen atoms in total. The molecule has 1 aromatic heterocycles. The molecule has 0 saturated heterocycles. The van der Waals surface area contributed by atoms with Gasteiger partial charge in [-0.2, -0.15) is 5.10 Å². The average molecular weight is 366 g/mol. The van der Waals surface area contributed by atoms with Crippen LogP contribution in [0.1, 0.15) is 5.56 Å². The molecule has 0 unspecified atom stereocenters. The number of halogens is 3. The van der Waals surface area contributed by atoms with Gasteiger partial charge >= 0.3 is 0 Å². The number of hydrazone groups is 1. The molecular weight excluding hydrogens is 356 g/mol. The van der Waals surface area contributed by atoms with Crippen molar-refractivity contribution in [1.29, 1.82) is 0 Å². The van der Waals surface area contributed by atoms with Gasteiger partial charge in [0.2, 0.25) is 5.13 Å². The largest absolute Gasteiger partial charge is 0.253 e. The van der Waals surface area contributed by atoms with Crippen LogP contribution in [0.5, 0.6) is 0 Å². The Morgan fingerprint density at radius 2 is 1.87 bits per heavy atom. The molecule has 0 spiro atoms. The molecule has 116 valence electrons. The second kappa shape index (κ2) is 7.08. The molecule has 3 rings (SSSR count). The van der Waals surface area contributed by atoms with E-state index in [4.69, 9.17) is 23.2 Å². The lowest BCUT2D eigenvalue weighted by molar-refractivity contribution is 0.628. The van der Waals surface area contributed by atoms with Crippen LogP contribution in [0.15, 0.2) is 52.9 Å². The maximum Gasteiger partial charge on any atom is 0.203 e. The number of nitrogens with zero attached hydrogens (tertiary/aromatic N) is 2. The summed E-state index contributed by atoms with van der Waals surface area (Å²) in [5.74, 6) is -0.277. The number of hydrogen-bond acceptors (Lipinski definition) is 4.